The number of rotatable bonds is 4. The van der Waals surface area contributed by atoms with Gasteiger partial charge in [0.05, 0.1) is 0 Å². The Morgan fingerprint density at radius 1 is 1.09 bits per heavy atom. The summed E-state index contributed by atoms with van der Waals surface area (Å²) in [5.74, 6) is -0.558. The highest BCUT2D eigenvalue weighted by molar-refractivity contribution is 5.85. The van der Waals surface area contributed by atoms with Crippen LogP contribution < -0.4 is 5.32 Å². The number of aromatic hydroxyl groups is 3. The summed E-state index contributed by atoms with van der Waals surface area (Å²) in [6.07, 6.45) is 0.982. The van der Waals surface area contributed by atoms with Crippen molar-refractivity contribution in [3.8, 4) is 17.2 Å². The number of halogens is 2. The van der Waals surface area contributed by atoms with Crippen molar-refractivity contribution in [3.63, 3.8) is 0 Å². The monoisotopic (exact) mass is 352 g/mol. The molecular weight excluding hydrogens is 327 g/mol. The third-order valence-electron chi connectivity index (χ3n) is 4.21. The molecule has 1 fully saturated rings. The molecule has 1 aliphatic heterocycles. The highest BCUT2D eigenvalue weighted by atomic mass is 35.5. The average molecular weight is 353 g/mol. The molecule has 128 valence electrons. The van der Waals surface area contributed by atoms with Gasteiger partial charge in [-0.2, -0.15) is 0 Å². The number of nitrogens with one attached hydrogen (secondary N) is 1. The summed E-state index contributed by atoms with van der Waals surface area (Å²) in [7, 11) is 0. The molecule has 1 aromatic carbocycles. The fourth-order valence-corrected chi connectivity index (χ4v) is 2.87. The summed E-state index contributed by atoms with van der Waals surface area (Å²) in [5.41, 5.74) is 0.691. The lowest BCUT2D eigenvalue weighted by Crippen LogP contribution is -2.46. The van der Waals surface area contributed by atoms with Crippen LogP contribution in [0.2, 0.25) is 0 Å². The number of phenols is 3. The summed E-state index contributed by atoms with van der Waals surface area (Å²) in [5, 5.41) is 32.7. The topological polar surface area (TPSA) is 76.0 Å². The first kappa shape index (κ1) is 21.1. The fraction of sp³-hybridized carbons (Fsp3) is 0.600. The van der Waals surface area contributed by atoms with E-state index in [1.807, 2.05) is 0 Å². The van der Waals surface area contributed by atoms with Gasteiger partial charge in [0, 0.05) is 37.8 Å². The van der Waals surface area contributed by atoms with Gasteiger partial charge in [0.25, 0.3) is 0 Å². The van der Waals surface area contributed by atoms with Gasteiger partial charge in [0.2, 0.25) is 5.75 Å². The van der Waals surface area contributed by atoms with Crippen LogP contribution in [0, 0.1) is 5.92 Å². The Labute approximate surface area is 144 Å². The lowest BCUT2D eigenvalue weighted by Gasteiger charge is -2.38. The quantitative estimate of drug-likeness (QED) is 0.626. The SMILES string of the molecule is CCC(C)[C@@H](c1ccc(O)c(O)c1O)N1CCNCC1.Cl.Cl. The van der Waals surface area contributed by atoms with Crippen molar-refractivity contribution < 1.29 is 15.3 Å². The largest absolute Gasteiger partial charge is 0.504 e. The maximum absolute atomic E-state index is 10.2. The molecule has 0 aromatic heterocycles. The number of hydrogen-bond donors (Lipinski definition) is 4. The molecule has 0 aliphatic carbocycles. The van der Waals surface area contributed by atoms with E-state index in [0.29, 0.717) is 11.5 Å². The van der Waals surface area contributed by atoms with Gasteiger partial charge in [0.1, 0.15) is 0 Å². The number of piperazine rings is 1. The Morgan fingerprint density at radius 2 is 1.68 bits per heavy atom. The molecule has 1 aromatic rings. The molecule has 4 N–H and O–H groups in total. The third-order valence-corrected chi connectivity index (χ3v) is 4.21. The van der Waals surface area contributed by atoms with Crippen molar-refractivity contribution in [2.75, 3.05) is 26.2 Å². The van der Waals surface area contributed by atoms with Crippen LogP contribution in [-0.2, 0) is 0 Å². The van der Waals surface area contributed by atoms with Gasteiger partial charge in [-0.25, -0.2) is 0 Å². The minimum Gasteiger partial charge on any atom is -0.504 e. The van der Waals surface area contributed by atoms with E-state index in [2.05, 4.69) is 24.1 Å². The van der Waals surface area contributed by atoms with Crippen molar-refractivity contribution >= 4 is 24.8 Å². The predicted octanol–water partition coefficient (Wildman–Crippen LogP) is 2.64. The predicted molar refractivity (Wildman–Crippen MR) is 92.6 cm³/mol. The first-order valence-electron chi connectivity index (χ1n) is 7.24. The second-order valence-corrected chi connectivity index (χ2v) is 5.49. The standard InChI is InChI=1S/C15H24N2O3.2ClH/c1-3-10(2)13(17-8-6-16-7-9-17)11-4-5-12(18)15(20)14(11)19;;/h4-5,10,13,16,18-20H,3,6-9H2,1-2H3;2*1H/t10?,13-;;/m0../s1. The van der Waals surface area contributed by atoms with Gasteiger partial charge in [-0.15, -0.1) is 24.8 Å². The van der Waals surface area contributed by atoms with Gasteiger partial charge in [-0.05, 0) is 18.1 Å². The van der Waals surface area contributed by atoms with E-state index in [0.717, 1.165) is 32.6 Å². The zero-order chi connectivity index (χ0) is 14.7. The Balaban J connectivity index is 0.00000220. The van der Waals surface area contributed by atoms with Crippen LogP contribution >= 0.6 is 24.8 Å². The average Bonchev–Trinajstić information content (AvgIpc) is 2.48. The van der Waals surface area contributed by atoms with E-state index in [9.17, 15) is 15.3 Å². The van der Waals surface area contributed by atoms with E-state index >= 15 is 0 Å². The molecule has 2 atom stereocenters. The van der Waals surface area contributed by atoms with Crippen LogP contribution in [0.4, 0.5) is 0 Å². The Morgan fingerprint density at radius 3 is 2.23 bits per heavy atom. The molecule has 0 radical (unpaired) electrons. The minimum absolute atomic E-state index is 0. The molecule has 0 amide bonds. The molecular formula is C15H26Cl2N2O3. The summed E-state index contributed by atoms with van der Waals surface area (Å²) < 4.78 is 0. The van der Waals surface area contributed by atoms with Crippen LogP contribution in [-0.4, -0.2) is 46.4 Å². The highest BCUT2D eigenvalue weighted by Gasteiger charge is 2.29. The first-order chi connectivity index (χ1) is 9.56. The second-order valence-electron chi connectivity index (χ2n) is 5.49. The lowest BCUT2D eigenvalue weighted by molar-refractivity contribution is 0.125. The highest BCUT2D eigenvalue weighted by Crippen LogP contribution is 2.43. The van der Waals surface area contributed by atoms with Crippen molar-refractivity contribution in [1.82, 2.24) is 10.2 Å². The normalized spacial score (nSPS) is 17.9. The van der Waals surface area contributed by atoms with E-state index in [4.69, 9.17) is 0 Å². The number of phenolic OH excluding ortho intramolecular Hbond substituents is 3. The van der Waals surface area contributed by atoms with Crippen molar-refractivity contribution in [3.05, 3.63) is 17.7 Å². The molecule has 1 unspecified atom stereocenters. The molecule has 0 spiro atoms. The third kappa shape index (κ3) is 4.32. The number of nitrogens with zero attached hydrogens (tertiary/aromatic N) is 1. The lowest BCUT2D eigenvalue weighted by atomic mass is 9.89. The summed E-state index contributed by atoms with van der Waals surface area (Å²) in [4.78, 5) is 2.33. The first-order valence-corrected chi connectivity index (χ1v) is 7.24. The molecule has 0 saturated carbocycles. The van der Waals surface area contributed by atoms with Crippen LogP contribution in [0.25, 0.3) is 0 Å². The summed E-state index contributed by atoms with van der Waals surface area (Å²) >= 11 is 0. The van der Waals surface area contributed by atoms with Crippen LogP contribution in [0.5, 0.6) is 17.2 Å². The van der Waals surface area contributed by atoms with Gasteiger partial charge in [-0.3, -0.25) is 4.90 Å². The van der Waals surface area contributed by atoms with Crippen molar-refractivity contribution in [2.24, 2.45) is 5.92 Å². The molecule has 1 saturated heterocycles. The van der Waals surface area contributed by atoms with Gasteiger partial charge < -0.3 is 20.6 Å². The number of hydrogen-bond acceptors (Lipinski definition) is 5. The fourth-order valence-electron chi connectivity index (χ4n) is 2.87. The molecule has 5 nitrogen and oxygen atoms in total. The van der Waals surface area contributed by atoms with Crippen LogP contribution in [0.1, 0.15) is 31.9 Å². The van der Waals surface area contributed by atoms with Gasteiger partial charge >= 0.3 is 0 Å². The van der Waals surface area contributed by atoms with Gasteiger partial charge in [-0.1, -0.05) is 20.3 Å². The van der Waals surface area contributed by atoms with E-state index in [1.165, 1.54) is 6.07 Å². The van der Waals surface area contributed by atoms with E-state index < -0.39 is 5.75 Å². The van der Waals surface area contributed by atoms with Gasteiger partial charge in [0.15, 0.2) is 11.5 Å². The molecule has 1 aliphatic rings. The second kappa shape index (κ2) is 9.30. The molecule has 0 bridgehead atoms. The molecule has 1 heterocycles. The Hall–Kier alpha value is -0.880. The molecule has 2 rings (SSSR count). The van der Waals surface area contributed by atoms with E-state index in [-0.39, 0.29) is 42.4 Å². The minimum atomic E-state index is -0.425. The van der Waals surface area contributed by atoms with Crippen molar-refractivity contribution in [1.29, 1.82) is 0 Å². The summed E-state index contributed by atoms with van der Waals surface area (Å²) in [6.45, 7) is 7.95. The molecule has 7 heteroatoms. The van der Waals surface area contributed by atoms with Crippen LogP contribution in [0.3, 0.4) is 0 Å². The smallest absolute Gasteiger partial charge is 0.200 e. The van der Waals surface area contributed by atoms with Crippen LogP contribution in [0.15, 0.2) is 12.1 Å². The molecule has 22 heavy (non-hydrogen) atoms. The number of benzene rings is 1. The maximum Gasteiger partial charge on any atom is 0.200 e. The zero-order valence-electron chi connectivity index (χ0n) is 13.0. The Bertz CT molecular complexity index is 468. The van der Waals surface area contributed by atoms with E-state index in [1.54, 1.807) is 6.07 Å². The Kier molecular flexibility index (Phi) is 8.93. The summed E-state index contributed by atoms with van der Waals surface area (Å²) in [6, 6.07) is 3.21. The maximum atomic E-state index is 10.2. The van der Waals surface area contributed by atoms with Crippen molar-refractivity contribution in [2.45, 2.75) is 26.3 Å². The zero-order valence-corrected chi connectivity index (χ0v) is 14.6.